The first-order chi connectivity index (χ1) is 3.68. The highest BCUT2D eigenvalue weighted by atomic mass is 17.1. The van der Waals surface area contributed by atoms with E-state index in [1.165, 1.54) is 0 Å². The minimum Gasteiger partial charge on any atom is -0.386 e. The molecule has 0 aliphatic carbocycles. The summed E-state index contributed by atoms with van der Waals surface area (Å²) in [5, 5.41) is 18.0. The first-order valence-electron chi connectivity index (χ1n) is 2.26. The molecular formula is C5H9O3. The molecule has 0 aliphatic heterocycles. The Morgan fingerprint density at radius 1 is 2.00 bits per heavy atom. The summed E-state index contributed by atoms with van der Waals surface area (Å²) >= 11 is 0. The highest BCUT2D eigenvalue weighted by Crippen LogP contribution is 1.95. The molecule has 0 amide bonds. The third-order valence-corrected chi connectivity index (χ3v) is 0.795. The fourth-order valence-electron chi connectivity index (χ4n) is 0.207. The minimum atomic E-state index is -0.813. The predicted molar refractivity (Wildman–Crippen MR) is 27.5 cm³/mol. The molecule has 0 spiro atoms. The van der Waals surface area contributed by atoms with Crippen molar-refractivity contribution in [2.45, 2.75) is 13.0 Å². The largest absolute Gasteiger partial charge is 0.386 e. The smallest absolute Gasteiger partial charge is 0.115 e. The molecule has 3 heteroatoms. The molecule has 3 nitrogen and oxygen atoms in total. The van der Waals surface area contributed by atoms with Gasteiger partial charge in [0.2, 0.25) is 0 Å². The molecule has 0 saturated carbocycles. The van der Waals surface area contributed by atoms with E-state index in [0.29, 0.717) is 5.57 Å². The molecule has 0 fully saturated rings. The van der Waals surface area contributed by atoms with Gasteiger partial charge in [-0.1, -0.05) is 6.58 Å². The number of aliphatic hydroxyl groups excluding tert-OH is 1. The van der Waals surface area contributed by atoms with Crippen LogP contribution in [0.3, 0.4) is 0 Å². The molecule has 1 N–H and O–H groups in total. The van der Waals surface area contributed by atoms with E-state index in [0.717, 1.165) is 0 Å². The van der Waals surface area contributed by atoms with Crippen molar-refractivity contribution in [1.82, 2.24) is 0 Å². The second kappa shape index (κ2) is 3.60. The molecule has 1 atom stereocenters. The maximum absolute atomic E-state index is 9.34. The van der Waals surface area contributed by atoms with Crippen molar-refractivity contribution in [3.63, 3.8) is 0 Å². The third-order valence-electron chi connectivity index (χ3n) is 0.795. The molecular weight excluding hydrogens is 108 g/mol. The highest BCUT2D eigenvalue weighted by Gasteiger charge is 2.02. The molecule has 0 saturated heterocycles. The van der Waals surface area contributed by atoms with Gasteiger partial charge in [0.15, 0.2) is 0 Å². The standard InChI is InChI=1S/C5H9O3/c1-4(2)5(6)3-8-7/h5-6H,1,3H2,2H3. The Morgan fingerprint density at radius 2 is 2.50 bits per heavy atom. The van der Waals surface area contributed by atoms with Crippen LogP contribution in [0.1, 0.15) is 6.92 Å². The summed E-state index contributed by atoms with van der Waals surface area (Å²) < 4.78 is 0. The lowest BCUT2D eigenvalue weighted by Crippen LogP contribution is -2.13. The van der Waals surface area contributed by atoms with Crippen LogP contribution in [0.4, 0.5) is 0 Å². The summed E-state index contributed by atoms with van der Waals surface area (Å²) in [4.78, 5) is 3.40. The van der Waals surface area contributed by atoms with Crippen molar-refractivity contribution >= 4 is 0 Å². The van der Waals surface area contributed by atoms with Gasteiger partial charge in [0, 0.05) is 0 Å². The zero-order valence-electron chi connectivity index (χ0n) is 4.76. The third kappa shape index (κ3) is 2.74. The van der Waals surface area contributed by atoms with E-state index < -0.39 is 6.10 Å². The zero-order chi connectivity index (χ0) is 6.57. The maximum Gasteiger partial charge on any atom is 0.115 e. The number of aliphatic hydroxyl groups is 1. The summed E-state index contributed by atoms with van der Waals surface area (Å²) in [5.74, 6) is 0. The molecule has 1 unspecified atom stereocenters. The molecule has 0 aromatic heterocycles. The van der Waals surface area contributed by atoms with Crippen LogP contribution in [0.2, 0.25) is 0 Å². The van der Waals surface area contributed by atoms with Crippen molar-refractivity contribution < 1.29 is 15.3 Å². The van der Waals surface area contributed by atoms with Gasteiger partial charge in [-0.05, 0) is 17.8 Å². The van der Waals surface area contributed by atoms with Gasteiger partial charge in [0.1, 0.15) is 12.7 Å². The monoisotopic (exact) mass is 117 g/mol. The van der Waals surface area contributed by atoms with Gasteiger partial charge in [0.05, 0.1) is 0 Å². The predicted octanol–water partition coefficient (Wildman–Crippen LogP) is 0.285. The summed E-state index contributed by atoms with van der Waals surface area (Å²) in [6, 6.07) is 0. The van der Waals surface area contributed by atoms with Gasteiger partial charge in [-0.25, -0.2) is 4.89 Å². The minimum absolute atomic E-state index is 0.213. The average molecular weight is 117 g/mol. The van der Waals surface area contributed by atoms with Crippen LogP contribution in [0.5, 0.6) is 0 Å². The van der Waals surface area contributed by atoms with E-state index >= 15 is 0 Å². The molecule has 0 aliphatic rings. The molecule has 47 valence electrons. The molecule has 0 bridgehead atoms. The first-order valence-corrected chi connectivity index (χ1v) is 2.26. The van der Waals surface area contributed by atoms with Crippen LogP contribution >= 0.6 is 0 Å². The summed E-state index contributed by atoms with van der Waals surface area (Å²) in [6.07, 6.45) is -0.813. The molecule has 0 rings (SSSR count). The van der Waals surface area contributed by atoms with Crippen LogP contribution < -0.4 is 0 Å². The van der Waals surface area contributed by atoms with Crippen LogP contribution in [0.25, 0.3) is 0 Å². The molecule has 0 aromatic rings. The topological polar surface area (TPSA) is 49.4 Å². The fourth-order valence-corrected chi connectivity index (χ4v) is 0.207. The average Bonchev–Trinajstić information content (AvgIpc) is 1.67. The Labute approximate surface area is 48.1 Å². The van der Waals surface area contributed by atoms with E-state index in [9.17, 15) is 5.26 Å². The van der Waals surface area contributed by atoms with Gasteiger partial charge in [-0.15, -0.1) is 0 Å². The quantitative estimate of drug-likeness (QED) is 0.328. The Hall–Kier alpha value is -0.380. The molecule has 0 heterocycles. The lowest BCUT2D eigenvalue weighted by atomic mass is 10.2. The lowest BCUT2D eigenvalue weighted by molar-refractivity contribution is -0.312. The number of hydrogen-bond acceptors (Lipinski definition) is 2. The van der Waals surface area contributed by atoms with Gasteiger partial charge in [-0.3, -0.25) is 0 Å². The summed E-state index contributed by atoms with van der Waals surface area (Å²) in [5.41, 5.74) is 0.542. The maximum atomic E-state index is 9.34. The van der Waals surface area contributed by atoms with Gasteiger partial charge in [0.25, 0.3) is 0 Å². The molecule has 8 heavy (non-hydrogen) atoms. The Bertz CT molecular complexity index is 79.7. The SMILES string of the molecule is C=C(C)C(O)CO[O]. The van der Waals surface area contributed by atoms with Gasteiger partial charge >= 0.3 is 0 Å². The zero-order valence-corrected chi connectivity index (χ0v) is 4.76. The first kappa shape index (κ1) is 7.62. The van der Waals surface area contributed by atoms with E-state index in [2.05, 4.69) is 11.5 Å². The number of hydrogen-bond donors (Lipinski definition) is 1. The van der Waals surface area contributed by atoms with Crippen molar-refractivity contribution in [2.75, 3.05) is 6.61 Å². The van der Waals surface area contributed by atoms with Crippen molar-refractivity contribution in [1.29, 1.82) is 0 Å². The normalized spacial score (nSPS) is 13.4. The molecule has 1 radical (unpaired) electrons. The van der Waals surface area contributed by atoms with Crippen LogP contribution in [-0.4, -0.2) is 17.8 Å². The van der Waals surface area contributed by atoms with E-state index in [4.69, 9.17) is 5.11 Å². The lowest BCUT2D eigenvalue weighted by Gasteiger charge is -2.03. The van der Waals surface area contributed by atoms with Gasteiger partial charge < -0.3 is 5.11 Å². The van der Waals surface area contributed by atoms with Gasteiger partial charge in [-0.2, -0.15) is 0 Å². The summed E-state index contributed by atoms with van der Waals surface area (Å²) in [6.45, 7) is 4.82. The van der Waals surface area contributed by atoms with E-state index in [-0.39, 0.29) is 6.61 Å². The van der Waals surface area contributed by atoms with Crippen LogP contribution in [0.15, 0.2) is 12.2 Å². The number of rotatable bonds is 3. The Balaban J connectivity index is 3.32. The fraction of sp³-hybridized carbons (Fsp3) is 0.600. The van der Waals surface area contributed by atoms with Crippen molar-refractivity contribution in [3.05, 3.63) is 12.2 Å². The van der Waals surface area contributed by atoms with Crippen LogP contribution in [-0.2, 0) is 10.1 Å². The van der Waals surface area contributed by atoms with Crippen molar-refractivity contribution in [3.8, 4) is 0 Å². The second-order valence-corrected chi connectivity index (χ2v) is 1.65. The molecule has 0 aromatic carbocycles. The van der Waals surface area contributed by atoms with E-state index in [1.54, 1.807) is 6.92 Å². The second-order valence-electron chi connectivity index (χ2n) is 1.65. The van der Waals surface area contributed by atoms with Crippen LogP contribution in [0, 0.1) is 0 Å². The Morgan fingerprint density at radius 3 is 2.62 bits per heavy atom. The van der Waals surface area contributed by atoms with E-state index in [1.807, 2.05) is 0 Å². The Kier molecular flexibility index (Phi) is 3.43. The summed E-state index contributed by atoms with van der Waals surface area (Å²) in [7, 11) is 0. The van der Waals surface area contributed by atoms with Crippen molar-refractivity contribution in [2.24, 2.45) is 0 Å². The highest BCUT2D eigenvalue weighted by molar-refractivity contribution is 4.96.